The molecule has 0 amide bonds. The minimum Gasteiger partial charge on any atom is -0.345 e. The Balaban J connectivity index is 1.16. The van der Waals surface area contributed by atoms with Gasteiger partial charge in [-0.2, -0.15) is 0 Å². The van der Waals surface area contributed by atoms with E-state index in [1.54, 1.807) is 0 Å². The summed E-state index contributed by atoms with van der Waals surface area (Å²) in [5.41, 5.74) is 18.5. The Kier molecular flexibility index (Phi) is 6.12. The zero-order valence-corrected chi connectivity index (χ0v) is 28.8. The number of benzene rings is 8. The van der Waals surface area contributed by atoms with E-state index >= 15 is 0 Å². The maximum absolute atomic E-state index is 2.49. The van der Waals surface area contributed by atoms with Crippen LogP contribution in [0.2, 0.25) is 0 Å². The molecule has 2 nitrogen and oxygen atoms in total. The van der Waals surface area contributed by atoms with Crippen LogP contribution in [0.3, 0.4) is 0 Å². The Labute approximate surface area is 303 Å². The van der Waals surface area contributed by atoms with Gasteiger partial charge >= 0.3 is 0 Å². The first kappa shape index (κ1) is 29.1. The molecular weight excluding hydrogens is 629 g/mol. The van der Waals surface area contributed by atoms with Crippen molar-refractivity contribution < 1.29 is 0 Å². The van der Waals surface area contributed by atoms with Gasteiger partial charge in [0.05, 0.1) is 16.4 Å². The molecule has 0 bridgehead atoms. The molecule has 0 radical (unpaired) electrons. The number of nitrogens with zero attached hydrogens (tertiary/aromatic N) is 2. The molecule has 1 aromatic heterocycles. The first-order chi connectivity index (χ1) is 25.7. The van der Waals surface area contributed by atoms with Gasteiger partial charge in [-0.1, -0.05) is 140 Å². The molecule has 0 aliphatic heterocycles. The molecule has 8 aromatic carbocycles. The number of fused-ring (bicyclic) bond motifs is 13. The Morgan fingerprint density at radius 3 is 1.60 bits per heavy atom. The summed E-state index contributed by atoms with van der Waals surface area (Å²) >= 11 is 0. The summed E-state index contributed by atoms with van der Waals surface area (Å²) < 4.78 is 2.45. The van der Waals surface area contributed by atoms with E-state index in [4.69, 9.17) is 0 Å². The fourth-order valence-electron chi connectivity index (χ4n) is 9.34. The van der Waals surface area contributed by atoms with Crippen molar-refractivity contribution in [2.24, 2.45) is 0 Å². The van der Waals surface area contributed by atoms with Gasteiger partial charge in [0, 0.05) is 34.9 Å². The third kappa shape index (κ3) is 3.89. The van der Waals surface area contributed by atoms with E-state index in [0.717, 1.165) is 5.69 Å². The van der Waals surface area contributed by atoms with Gasteiger partial charge in [0.15, 0.2) is 0 Å². The van der Waals surface area contributed by atoms with Crippen LogP contribution in [0, 0.1) is 0 Å². The molecule has 0 atom stereocenters. The Morgan fingerprint density at radius 2 is 0.904 bits per heavy atom. The van der Waals surface area contributed by atoms with Crippen LogP contribution in [-0.2, 0) is 5.41 Å². The largest absolute Gasteiger partial charge is 0.345 e. The molecule has 1 spiro atoms. The molecule has 2 aliphatic carbocycles. The van der Waals surface area contributed by atoms with E-state index in [2.05, 4.69) is 205 Å². The van der Waals surface area contributed by atoms with Crippen molar-refractivity contribution in [2.45, 2.75) is 5.41 Å². The van der Waals surface area contributed by atoms with E-state index in [9.17, 15) is 0 Å². The van der Waals surface area contributed by atoms with E-state index in [0.29, 0.717) is 0 Å². The van der Waals surface area contributed by atoms with Gasteiger partial charge in [-0.05, 0) is 104 Å². The topological polar surface area (TPSA) is 8.17 Å². The van der Waals surface area contributed by atoms with Crippen LogP contribution >= 0.6 is 0 Å². The molecule has 2 aliphatic rings. The molecule has 1 heterocycles. The average molecular weight is 663 g/mol. The molecule has 0 unspecified atom stereocenters. The summed E-state index contributed by atoms with van der Waals surface area (Å²) in [7, 11) is 2.19. The summed E-state index contributed by atoms with van der Waals surface area (Å²) in [5.74, 6) is 0. The lowest BCUT2D eigenvalue weighted by Gasteiger charge is -2.32. The molecule has 0 saturated heterocycles. The summed E-state index contributed by atoms with van der Waals surface area (Å²) in [6.45, 7) is 0. The van der Waals surface area contributed by atoms with Gasteiger partial charge in [0.1, 0.15) is 0 Å². The molecule has 9 aromatic rings. The van der Waals surface area contributed by atoms with Crippen molar-refractivity contribution in [1.82, 2.24) is 4.57 Å². The highest BCUT2D eigenvalue weighted by Gasteiger charge is 2.52. The second-order valence-corrected chi connectivity index (χ2v) is 14.1. The molecular formula is C50H34N2. The maximum Gasteiger partial charge on any atom is 0.0727 e. The zero-order valence-electron chi connectivity index (χ0n) is 28.8. The number of anilines is 2. The highest BCUT2D eigenvalue weighted by Crippen LogP contribution is 2.63. The summed E-state index contributed by atoms with van der Waals surface area (Å²) in [5, 5.41) is 2.55. The number of para-hydroxylation sites is 2. The third-order valence-electron chi connectivity index (χ3n) is 11.6. The number of aromatic nitrogens is 1. The first-order valence-corrected chi connectivity index (χ1v) is 18.1. The fourth-order valence-corrected chi connectivity index (χ4v) is 9.34. The molecule has 11 rings (SSSR count). The minimum atomic E-state index is -0.463. The zero-order chi connectivity index (χ0) is 34.4. The van der Waals surface area contributed by atoms with Crippen LogP contribution in [0.1, 0.15) is 22.3 Å². The number of hydrogen-bond acceptors (Lipinski definition) is 1. The summed E-state index contributed by atoms with van der Waals surface area (Å²) in [4.78, 5) is 2.33. The van der Waals surface area contributed by atoms with E-state index in [-0.39, 0.29) is 0 Å². The van der Waals surface area contributed by atoms with Gasteiger partial charge in [0.2, 0.25) is 0 Å². The van der Waals surface area contributed by atoms with Crippen molar-refractivity contribution >= 4 is 33.2 Å². The van der Waals surface area contributed by atoms with Crippen LogP contribution < -0.4 is 4.90 Å². The quantitative estimate of drug-likeness (QED) is 0.182. The van der Waals surface area contributed by atoms with Crippen LogP contribution in [-0.4, -0.2) is 11.6 Å². The average Bonchev–Trinajstić information content (AvgIpc) is 3.82. The highest BCUT2D eigenvalue weighted by atomic mass is 15.1. The van der Waals surface area contributed by atoms with Crippen molar-refractivity contribution in [3.05, 3.63) is 210 Å². The molecule has 0 N–H and O–H groups in total. The summed E-state index contributed by atoms with van der Waals surface area (Å²) in [6.07, 6.45) is 0. The van der Waals surface area contributed by atoms with Gasteiger partial charge in [0.25, 0.3) is 0 Å². The van der Waals surface area contributed by atoms with Gasteiger partial charge in [-0.3, -0.25) is 0 Å². The van der Waals surface area contributed by atoms with Crippen molar-refractivity contribution in [3.8, 4) is 39.1 Å². The highest BCUT2D eigenvalue weighted by molar-refractivity contribution is 6.09. The second kappa shape index (κ2) is 10.9. The monoisotopic (exact) mass is 662 g/mol. The smallest absolute Gasteiger partial charge is 0.0727 e. The Hall–Kier alpha value is -6.64. The predicted molar refractivity (Wildman–Crippen MR) is 217 cm³/mol. The second-order valence-electron chi connectivity index (χ2n) is 14.1. The van der Waals surface area contributed by atoms with E-state index in [1.807, 2.05) is 0 Å². The van der Waals surface area contributed by atoms with Crippen LogP contribution in [0.25, 0.3) is 60.9 Å². The number of rotatable bonds is 4. The van der Waals surface area contributed by atoms with E-state index in [1.165, 1.54) is 88.8 Å². The van der Waals surface area contributed by atoms with Gasteiger partial charge in [-0.25, -0.2) is 0 Å². The molecule has 244 valence electrons. The predicted octanol–water partition coefficient (Wildman–Crippen LogP) is 12.6. The Bertz CT molecular complexity index is 2780. The van der Waals surface area contributed by atoms with Gasteiger partial charge < -0.3 is 9.47 Å². The van der Waals surface area contributed by atoms with Crippen LogP contribution in [0.15, 0.2) is 188 Å². The normalized spacial score (nSPS) is 13.2. The third-order valence-corrected chi connectivity index (χ3v) is 11.6. The maximum atomic E-state index is 2.49. The van der Waals surface area contributed by atoms with Gasteiger partial charge in [-0.15, -0.1) is 0 Å². The Morgan fingerprint density at radius 1 is 0.385 bits per heavy atom. The lowest BCUT2D eigenvalue weighted by Crippen LogP contribution is -2.26. The lowest BCUT2D eigenvalue weighted by molar-refractivity contribution is 0.792. The van der Waals surface area contributed by atoms with Crippen molar-refractivity contribution in [3.63, 3.8) is 0 Å². The van der Waals surface area contributed by atoms with Crippen molar-refractivity contribution in [2.75, 3.05) is 11.9 Å². The number of hydrogen-bond donors (Lipinski definition) is 0. The molecule has 0 saturated carbocycles. The molecule has 52 heavy (non-hydrogen) atoms. The fraction of sp³-hybridized carbons (Fsp3) is 0.0400. The van der Waals surface area contributed by atoms with Crippen molar-refractivity contribution in [1.29, 1.82) is 0 Å². The first-order valence-electron chi connectivity index (χ1n) is 18.1. The minimum absolute atomic E-state index is 0.463. The van der Waals surface area contributed by atoms with Crippen LogP contribution in [0.4, 0.5) is 11.4 Å². The molecule has 0 fully saturated rings. The lowest BCUT2D eigenvalue weighted by atomic mass is 9.70. The SMILES string of the molecule is CN(c1cccc(-c2ccccc2)c1)c1ccc2c(c1)C1(c3ccccc3-c3ccccc31)c1cc(-n3c4ccccc4c4ccccc43)ccc1-2. The summed E-state index contributed by atoms with van der Waals surface area (Å²) in [6, 6.07) is 69.5. The molecule has 2 heteroatoms. The standard InChI is InChI=1S/C50H34N2/c1-51(35-17-13-16-34(30-35)33-14-3-2-4-15-33)36-26-28-40-41-29-27-37(52-48-24-11-7-20-42(48)43-21-8-12-25-49(43)52)32-47(41)50(46(40)31-36)44-22-9-5-18-38(44)39-19-6-10-23-45(39)50/h2-32H,1H3. The van der Waals surface area contributed by atoms with E-state index < -0.39 is 5.41 Å². The van der Waals surface area contributed by atoms with Crippen LogP contribution in [0.5, 0.6) is 0 Å².